The van der Waals surface area contributed by atoms with E-state index >= 15 is 0 Å². The van der Waals surface area contributed by atoms with E-state index in [-0.39, 0.29) is 31.1 Å². The standard InChI is InChI=1S/C17H18O6/c1-16-8-13(18)11-7-17(16,20)23-15(22-16)12(11)9-21-14(19)10-5-3-2-4-6-10/h2-6,11-12,15,20H,7-9H2,1H3/t11-,12-,15+,16+,17+/m1/s1. The largest absolute Gasteiger partial charge is 0.462 e. The van der Waals surface area contributed by atoms with Crippen LogP contribution in [0.5, 0.6) is 0 Å². The molecule has 1 N–H and O–H groups in total. The van der Waals surface area contributed by atoms with Gasteiger partial charge in [0.1, 0.15) is 18.0 Å². The molecule has 23 heavy (non-hydrogen) atoms. The molecule has 3 fully saturated rings. The lowest BCUT2D eigenvalue weighted by Gasteiger charge is -2.44. The molecule has 1 aliphatic carbocycles. The highest BCUT2D eigenvalue weighted by molar-refractivity contribution is 5.89. The molecule has 5 atom stereocenters. The summed E-state index contributed by atoms with van der Waals surface area (Å²) in [5.74, 6) is -2.63. The molecule has 6 heteroatoms. The van der Waals surface area contributed by atoms with E-state index in [0.717, 1.165) is 0 Å². The van der Waals surface area contributed by atoms with Crippen molar-refractivity contribution >= 4 is 11.8 Å². The SMILES string of the molecule is C[C@]12CC(=O)[C@@H]3C[C@]1(O)O[C@H](O2)[C@@H]3COC(=O)c1ccccc1. The van der Waals surface area contributed by atoms with Gasteiger partial charge in [-0.1, -0.05) is 18.2 Å². The summed E-state index contributed by atoms with van der Waals surface area (Å²) in [7, 11) is 0. The second-order valence-electron chi connectivity index (χ2n) is 6.70. The van der Waals surface area contributed by atoms with E-state index in [1.807, 2.05) is 6.07 Å². The number of hydrogen-bond acceptors (Lipinski definition) is 6. The third kappa shape index (κ3) is 2.13. The van der Waals surface area contributed by atoms with Gasteiger partial charge in [-0.2, -0.15) is 0 Å². The first kappa shape index (κ1) is 14.8. The van der Waals surface area contributed by atoms with Crippen LogP contribution in [0.2, 0.25) is 0 Å². The molecule has 3 aliphatic rings. The van der Waals surface area contributed by atoms with Gasteiger partial charge in [-0.25, -0.2) is 4.79 Å². The second-order valence-corrected chi connectivity index (χ2v) is 6.70. The summed E-state index contributed by atoms with van der Waals surface area (Å²) < 4.78 is 16.8. The number of fused-ring (bicyclic) bond motifs is 2. The molecule has 1 saturated carbocycles. The molecule has 1 aromatic rings. The van der Waals surface area contributed by atoms with E-state index in [2.05, 4.69) is 0 Å². The first-order valence-corrected chi connectivity index (χ1v) is 7.75. The third-order valence-corrected chi connectivity index (χ3v) is 5.22. The summed E-state index contributed by atoms with van der Waals surface area (Å²) in [5, 5.41) is 10.6. The second kappa shape index (κ2) is 4.87. The Morgan fingerprint density at radius 2 is 2.09 bits per heavy atom. The van der Waals surface area contributed by atoms with Gasteiger partial charge in [0, 0.05) is 18.8 Å². The lowest BCUT2D eigenvalue weighted by Crippen LogP contribution is -2.59. The Bertz CT molecular complexity index is 658. The van der Waals surface area contributed by atoms with Crippen molar-refractivity contribution < 1.29 is 28.9 Å². The average molecular weight is 318 g/mol. The van der Waals surface area contributed by atoms with E-state index in [1.165, 1.54) is 0 Å². The molecule has 3 bridgehead atoms. The Kier molecular flexibility index (Phi) is 3.13. The van der Waals surface area contributed by atoms with Crippen LogP contribution in [0, 0.1) is 11.8 Å². The Morgan fingerprint density at radius 3 is 2.83 bits per heavy atom. The Balaban J connectivity index is 1.50. The van der Waals surface area contributed by atoms with Crippen molar-refractivity contribution in [2.75, 3.05) is 6.61 Å². The number of ketones is 1. The molecule has 0 amide bonds. The highest BCUT2D eigenvalue weighted by Crippen LogP contribution is 2.56. The molecular formula is C17H18O6. The minimum Gasteiger partial charge on any atom is -0.462 e. The number of hydrogen-bond donors (Lipinski definition) is 1. The van der Waals surface area contributed by atoms with Crippen LogP contribution in [0.4, 0.5) is 0 Å². The van der Waals surface area contributed by atoms with Crippen molar-refractivity contribution in [2.45, 2.75) is 37.4 Å². The maximum Gasteiger partial charge on any atom is 0.338 e. The maximum absolute atomic E-state index is 12.3. The normalized spacial score (nSPS) is 41.1. The van der Waals surface area contributed by atoms with Gasteiger partial charge in [-0.05, 0) is 19.1 Å². The number of Topliss-reactive ketones (excluding diaryl/α,β-unsaturated/α-hetero) is 1. The molecule has 0 unspecified atom stereocenters. The zero-order chi connectivity index (χ0) is 16.2. The highest BCUT2D eigenvalue weighted by atomic mass is 16.8. The molecule has 4 rings (SSSR count). The van der Waals surface area contributed by atoms with Crippen LogP contribution in [-0.2, 0) is 19.0 Å². The van der Waals surface area contributed by atoms with Crippen LogP contribution in [0.25, 0.3) is 0 Å². The molecule has 0 aromatic heterocycles. The molecule has 1 aromatic carbocycles. The topological polar surface area (TPSA) is 82.1 Å². The van der Waals surface area contributed by atoms with Gasteiger partial charge in [0.25, 0.3) is 0 Å². The van der Waals surface area contributed by atoms with Crippen molar-refractivity contribution in [3.63, 3.8) is 0 Å². The lowest BCUT2D eigenvalue weighted by atomic mass is 9.70. The van der Waals surface area contributed by atoms with Crippen LogP contribution >= 0.6 is 0 Å². The fraction of sp³-hybridized carbons (Fsp3) is 0.529. The molecule has 6 nitrogen and oxygen atoms in total. The predicted octanol–water partition coefficient (Wildman–Crippen LogP) is 1.27. The number of aliphatic hydroxyl groups is 1. The van der Waals surface area contributed by atoms with Crippen LogP contribution in [0.15, 0.2) is 30.3 Å². The van der Waals surface area contributed by atoms with Gasteiger partial charge in [-0.3, -0.25) is 4.79 Å². The highest BCUT2D eigenvalue weighted by Gasteiger charge is 2.69. The maximum atomic E-state index is 12.3. The Morgan fingerprint density at radius 1 is 1.35 bits per heavy atom. The summed E-state index contributed by atoms with van der Waals surface area (Å²) in [6.45, 7) is 1.72. The molecule has 0 spiro atoms. The minimum atomic E-state index is -1.42. The number of ether oxygens (including phenoxy) is 3. The van der Waals surface area contributed by atoms with E-state index in [0.29, 0.717) is 5.56 Å². The first-order valence-electron chi connectivity index (χ1n) is 7.75. The molecule has 2 heterocycles. The van der Waals surface area contributed by atoms with Crippen LogP contribution in [0.1, 0.15) is 30.1 Å². The van der Waals surface area contributed by atoms with E-state index in [9.17, 15) is 14.7 Å². The van der Waals surface area contributed by atoms with Crippen molar-refractivity contribution in [2.24, 2.45) is 11.8 Å². The van der Waals surface area contributed by atoms with Crippen molar-refractivity contribution in [1.82, 2.24) is 0 Å². The monoisotopic (exact) mass is 318 g/mol. The van der Waals surface area contributed by atoms with Gasteiger partial charge in [0.15, 0.2) is 12.1 Å². The van der Waals surface area contributed by atoms with Gasteiger partial charge < -0.3 is 19.3 Å². The van der Waals surface area contributed by atoms with E-state index in [4.69, 9.17) is 14.2 Å². The van der Waals surface area contributed by atoms with Crippen molar-refractivity contribution in [3.8, 4) is 0 Å². The zero-order valence-corrected chi connectivity index (χ0v) is 12.7. The fourth-order valence-electron chi connectivity index (χ4n) is 3.79. The first-order chi connectivity index (χ1) is 10.9. The summed E-state index contributed by atoms with van der Waals surface area (Å²) in [6.07, 6.45) is -0.418. The summed E-state index contributed by atoms with van der Waals surface area (Å²) in [5.41, 5.74) is -0.556. The molecule has 2 saturated heterocycles. The molecule has 2 aliphatic heterocycles. The van der Waals surface area contributed by atoms with Crippen LogP contribution < -0.4 is 0 Å². The van der Waals surface area contributed by atoms with Crippen LogP contribution in [-0.4, -0.2) is 41.1 Å². The Hall–Kier alpha value is -1.76. The average Bonchev–Trinajstić information content (AvgIpc) is 2.69. The van der Waals surface area contributed by atoms with E-state index in [1.54, 1.807) is 31.2 Å². The quantitative estimate of drug-likeness (QED) is 0.845. The Labute approximate surface area is 133 Å². The predicted molar refractivity (Wildman–Crippen MR) is 77.3 cm³/mol. The lowest BCUT2D eigenvalue weighted by molar-refractivity contribution is -0.271. The van der Waals surface area contributed by atoms with E-state index < -0.39 is 29.6 Å². The molecule has 0 radical (unpaired) electrons. The number of carbonyl (C=O) groups is 2. The summed E-state index contributed by atoms with van der Waals surface area (Å²) in [6, 6.07) is 8.67. The fourth-order valence-corrected chi connectivity index (χ4v) is 3.79. The summed E-state index contributed by atoms with van der Waals surface area (Å²) >= 11 is 0. The number of esters is 1. The number of benzene rings is 1. The zero-order valence-electron chi connectivity index (χ0n) is 12.7. The van der Waals surface area contributed by atoms with Gasteiger partial charge >= 0.3 is 5.97 Å². The van der Waals surface area contributed by atoms with Gasteiger partial charge in [0.05, 0.1) is 11.5 Å². The van der Waals surface area contributed by atoms with Crippen LogP contribution in [0.3, 0.4) is 0 Å². The number of rotatable bonds is 3. The van der Waals surface area contributed by atoms with Gasteiger partial charge in [0.2, 0.25) is 0 Å². The summed E-state index contributed by atoms with van der Waals surface area (Å²) in [4.78, 5) is 24.4. The molecule has 122 valence electrons. The number of carbonyl (C=O) groups excluding carboxylic acids is 2. The third-order valence-electron chi connectivity index (χ3n) is 5.22. The molecular weight excluding hydrogens is 300 g/mol. The van der Waals surface area contributed by atoms with Crippen molar-refractivity contribution in [1.29, 1.82) is 0 Å². The smallest absolute Gasteiger partial charge is 0.338 e. The minimum absolute atomic E-state index is 0.0287. The van der Waals surface area contributed by atoms with Crippen molar-refractivity contribution in [3.05, 3.63) is 35.9 Å². The van der Waals surface area contributed by atoms with Gasteiger partial charge in [-0.15, -0.1) is 0 Å².